The molecule has 21 heavy (non-hydrogen) atoms. The van der Waals surface area contributed by atoms with Crippen molar-refractivity contribution in [2.75, 3.05) is 13.1 Å². The SMILES string of the molecule is O=C(O)N1CCCC(c2nc3ncc([N+](=O)[O-])cc3[nH]2)C1. The predicted molar refractivity (Wildman–Crippen MR) is 72.1 cm³/mol. The van der Waals surface area contributed by atoms with Gasteiger partial charge in [0, 0.05) is 25.1 Å². The molecule has 0 aromatic carbocycles. The molecular formula is C12H13N5O4. The van der Waals surface area contributed by atoms with Crippen LogP contribution in [0.1, 0.15) is 24.6 Å². The molecule has 0 saturated carbocycles. The lowest BCUT2D eigenvalue weighted by molar-refractivity contribution is -0.385. The van der Waals surface area contributed by atoms with E-state index in [4.69, 9.17) is 5.11 Å². The number of amides is 1. The van der Waals surface area contributed by atoms with Gasteiger partial charge in [-0.15, -0.1) is 0 Å². The number of carbonyl (C=O) groups is 1. The van der Waals surface area contributed by atoms with Crippen molar-refractivity contribution in [1.29, 1.82) is 0 Å². The molecule has 9 heteroatoms. The maximum atomic E-state index is 11.0. The molecule has 0 aliphatic carbocycles. The van der Waals surface area contributed by atoms with Crippen molar-refractivity contribution in [3.05, 3.63) is 28.2 Å². The first-order valence-corrected chi connectivity index (χ1v) is 6.52. The summed E-state index contributed by atoms with van der Waals surface area (Å²) in [6, 6.07) is 1.39. The second-order valence-corrected chi connectivity index (χ2v) is 5.01. The highest BCUT2D eigenvalue weighted by Crippen LogP contribution is 2.27. The van der Waals surface area contributed by atoms with Crippen LogP contribution >= 0.6 is 0 Å². The van der Waals surface area contributed by atoms with Gasteiger partial charge in [-0.1, -0.05) is 0 Å². The number of aromatic nitrogens is 3. The third-order valence-electron chi connectivity index (χ3n) is 3.63. The number of likely N-dealkylation sites (tertiary alicyclic amines) is 1. The molecule has 2 aromatic heterocycles. The Morgan fingerprint density at radius 1 is 1.57 bits per heavy atom. The number of fused-ring (bicyclic) bond motifs is 1. The summed E-state index contributed by atoms with van der Waals surface area (Å²) in [5, 5.41) is 19.8. The van der Waals surface area contributed by atoms with Gasteiger partial charge in [-0.25, -0.2) is 14.8 Å². The summed E-state index contributed by atoms with van der Waals surface area (Å²) in [7, 11) is 0. The summed E-state index contributed by atoms with van der Waals surface area (Å²) < 4.78 is 0. The van der Waals surface area contributed by atoms with Crippen molar-refractivity contribution in [1.82, 2.24) is 19.9 Å². The van der Waals surface area contributed by atoms with Gasteiger partial charge in [-0.05, 0) is 12.8 Å². The first kappa shape index (κ1) is 13.3. The first-order valence-electron chi connectivity index (χ1n) is 6.52. The summed E-state index contributed by atoms with van der Waals surface area (Å²) >= 11 is 0. The number of imidazole rings is 1. The van der Waals surface area contributed by atoms with E-state index < -0.39 is 11.0 Å². The van der Waals surface area contributed by atoms with E-state index in [0.717, 1.165) is 19.0 Å². The van der Waals surface area contributed by atoms with Crippen LogP contribution in [0.4, 0.5) is 10.5 Å². The molecule has 0 radical (unpaired) electrons. The van der Waals surface area contributed by atoms with E-state index in [2.05, 4.69) is 15.0 Å². The second kappa shape index (κ2) is 5.00. The Morgan fingerprint density at radius 2 is 2.38 bits per heavy atom. The van der Waals surface area contributed by atoms with E-state index in [1.807, 2.05) is 0 Å². The van der Waals surface area contributed by atoms with Crippen molar-refractivity contribution in [3.63, 3.8) is 0 Å². The molecule has 2 N–H and O–H groups in total. The standard InChI is InChI=1S/C12H13N5O4/c18-12(19)16-3-1-2-7(6-16)10-14-9-4-8(17(20)21)5-13-11(9)15-10/h4-5,7H,1-3,6H2,(H,18,19)(H,13,14,15). The van der Waals surface area contributed by atoms with E-state index in [0.29, 0.717) is 30.1 Å². The van der Waals surface area contributed by atoms with Crippen molar-refractivity contribution in [2.45, 2.75) is 18.8 Å². The normalized spacial score (nSPS) is 18.9. The van der Waals surface area contributed by atoms with Crippen LogP contribution in [0.15, 0.2) is 12.3 Å². The first-order chi connectivity index (χ1) is 10.0. The highest BCUT2D eigenvalue weighted by Gasteiger charge is 2.26. The Hall–Kier alpha value is -2.71. The van der Waals surface area contributed by atoms with Gasteiger partial charge in [0.15, 0.2) is 5.65 Å². The van der Waals surface area contributed by atoms with E-state index in [1.54, 1.807) is 0 Å². The number of H-pyrrole nitrogens is 1. The molecule has 1 fully saturated rings. The minimum atomic E-state index is -0.940. The van der Waals surface area contributed by atoms with Gasteiger partial charge in [0.1, 0.15) is 12.0 Å². The molecule has 0 bridgehead atoms. The molecule has 9 nitrogen and oxygen atoms in total. The molecule has 3 heterocycles. The van der Waals surface area contributed by atoms with Crippen LogP contribution in [0.2, 0.25) is 0 Å². The highest BCUT2D eigenvalue weighted by atomic mass is 16.6. The molecule has 2 aromatic rings. The van der Waals surface area contributed by atoms with Crippen LogP contribution in [-0.4, -0.2) is 49.1 Å². The number of rotatable bonds is 2. The number of piperidine rings is 1. The minimum absolute atomic E-state index is 0.0388. The van der Waals surface area contributed by atoms with E-state index >= 15 is 0 Å². The van der Waals surface area contributed by atoms with Crippen LogP contribution in [0.3, 0.4) is 0 Å². The van der Waals surface area contributed by atoms with Gasteiger partial charge in [0.05, 0.1) is 10.4 Å². The maximum absolute atomic E-state index is 11.0. The quantitative estimate of drug-likeness (QED) is 0.641. The van der Waals surface area contributed by atoms with Crippen molar-refractivity contribution in [2.24, 2.45) is 0 Å². The molecule has 1 aliphatic heterocycles. The Kier molecular flexibility index (Phi) is 3.16. The van der Waals surface area contributed by atoms with Gasteiger partial charge < -0.3 is 15.0 Å². The fraction of sp³-hybridized carbons (Fsp3) is 0.417. The van der Waals surface area contributed by atoms with Crippen molar-refractivity contribution in [3.8, 4) is 0 Å². The average Bonchev–Trinajstić information content (AvgIpc) is 2.90. The Bertz CT molecular complexity index is 713. The monoisotopic (exact) mass is 291 g/mol. The van der Waals surface area contributed by atoms with Crippen LogP contribution in [-0.2, 0) is 0 Å². The number of carboxylic acid groups (broad SMARTS) is 1. The van der Waals surface area contributed by atoms with Gasteiger partial charge in [0.2, 0.25) is 0 Å². The van der Waals surface area contributed by atoms with Crippen molar-refractivity contribution < 1.29 is 14.8 Å². The van der Waals surface area contributed by atoms with Crippen LogP contribution in [0, 0.1) is 10.1 Å². The lowest BCUT2D eigenvalue weighted by atomic mass is 9.98. The van der Waals surface area contributed by atoms with E-state index in [9.17, 15) is 14.9 Å². The summed E-state index contributed by atoms with van der Waals surface area (Å²) in [5.74, 6) is 0.590. The number of nitrogens with zero attached hydrogens (tertiary/aromatic N) is 4. The Morgan fingerprint density at radius 3 is 3.10 bits per heavy atom. The van der Waals surface area contributed by atoms with Gasteiger partial charge in [-0.3, -0.25) is 10.1 Å². The van der Waals surface area contributed by atoms with E-state index in [-0.39, 0.29) is 11.6 Å². The van der Waals surface area contributed by atoms with Gasteiger partial charge in [-0.2, -0.15) is 0 Å². The Balaban J connectivity index is 1.90. The second-order valence-electron chi connectivity index (χ2n) is 5.01. The number of nitrogens with one attached hydrogen (secondary N) is 1. The zero-order valence-corrected chi connectivity index (χ0v) is 11.0. The lowest BCUT2D eigenvalue weighted by Crippen LogP contribution is -2.38. The minimum Gasteiger partial charge on any atom is -0.465 e. The number of hydrogen-bond donors (Lipinski definition) is 2. The van der Waals surface area contributed by atoms with Crippen LogP contribution in [0.5, 0.6) is 0 Å². The lowest BCUT2D eigenvalue weighted by Gasteiger charge is -2.29. The largest absolute Gasteiger partial charge is 0.465 e. The number of aromatic amines is 1. The van der Waals surface area contributed by atoms with Crippen molar-refractivity contribution >= 4 is 22.9 Å². The number of hydrogen-bond acceptors (Lipinski definition) is 5. The van der Waals surface area contributed by atoms with Crippen LogP contribution < -0.4 is 0 Å². The number of pyridine rings is 1. The zero-order valence-electron chi connectivity index (χ0n) is 11.0. The molecule has 1 saturated heterocycles. The third kappa shape index (κ3) is 2.49. The molecule has 1 atom stereocenters. The summed E-state index contributed by atoms with van der Waals surface area (Å²) in [5.41, 5.74) is 0.795. The maximum Gasteiger partial charge on any atom is 0.407 e. The third-order valence-corrected chi connectivity index (χ3v) is 3.63. The number of nitro groups is 1. The van der Waals surface area contributed by atoms with Gasteiger partial charge >= 0.3 is 6.09 Å². The smallest absolute Gasteiger partial charge is 0.407 e. The zero-order chi connectivity index (χ0) is 15.0. The molecule has 1 aliphatic rings. The summed E-state index contributed by atoms with van der Waals surface area (Å²) in [6.07, 6.45) is 1.81. The fourth-order valence-corrected chi connectivity index (χ4v) is 2.57. The molecule has 0 spiro atoms. The molecule has 1 amide bonds. The van der Waals surface area contributed by atoms with Gasteiger partial charge in [0.25, 0.3) is 5.69 Å². The Labute approximate surface area is 118 Å². The molecular weight excluding hydrogens is 278 g/mol. The summed E-state index contributed by atoms with van der Waals surface area (Å²) in [4.78, 5) is 33.9. The van der Waals surface area contributed by atoms with E-state index in [1.165, 1.54) is 11.0 Å². The highest BCUT2D eigenvalue weighted by molar-refractivity contribution is 5.73. The summed E-state index contributed by atoms with van der Waals surface area (Å²) in [6.45, 7) is 0.896. The predicted octanol–water partition coefficient (Wildman–Crippen LogP) is 1.72. The molecule has 3 rings (SSSR count). The molecule has 110 valence electrons. The molecule has 1 unspecified atom stereocenters. The topological polar surface area (TPSA) is 125 Å². The fourth-order valence-electron chi connectivity index (χ4n) is 2.57. The van der Waals surface area contributed by atoms with Crippen LogP contribution in [0.25, 0.3) is 11.2 Å². The average molecular weight is 291 g/mol.